The zero-order chi connectivity index (χ0) is 14.9. The maximum atomic E-state index is 11.0. The SMILES string of the molecule is NC(=O)c1nnn(Cc2cc(Cl)c(C=O)c(Cl)c2)c1N. The Morgan fingerprint density at radius 3 is 2.40 bits per heavy atom. The average Bonchev–Trinajstić information content (AvgIpc) is 2.71. The molecule has 1 aromatic carbocycles. The molecule has 0 atom stereocenters. The Labute approximate surface area is 123 Å². The first-order valence-corrected chi connectivity index (χ1v) is 6.11. The quantitative estimate of drug-likeness (QED) is 0.820. The molecule has 2 aromatic rings. The van der Waals surface area contributed by atoms with Crippen LogP contribution in [0, 0.1) is 0 Å². The van der Waals surface area contributed by atoms with E-state index in [4.69, 9.17) is 34.7 Å². The van der Waals surface area contributed by atoms with Crippen molar-refractivity contribution < 1.29 is 9.59 Å². The zero-order valence-electron chi connectivity index (χ0n) is 10.0. The minimum absolute atomic E-state index is 0.0456. The molecule has 0 aliphatic carbocycles. The number of hydrogen-bond acceptors (Lipinski definition) is 5. The van der Waals surface area contributed by atoms with Crippen LogP contribution < -0.4 is 11.5 Å². The highest BCUT2D eigenvalue weighted by Crippen LogP contribution is 2.25. The lowest BCUT2D eigenvalue weighted by molar-refractivity contribution is 0.0996. The lowest BCUT2D eigenvalue weighted by Crippen LogP contribution is -2.15. The molecular formula is C11H9Cl2N5O2. The number of nitrogen functional groups attached to an aromatic ring is 1. The lowest BCUT2D eigenvalue weighted by Gasteiger charge is -2.07. The van der Waals surface area contributed by atoms with Crippen molar-refractivity contribution in [2.75, 3.05) is 5.73 Å². The number of aldehydes is 1. The second-order valence-electron chi connectivity index (χ2n) is 3.94. The molecule has 0 saturated heterocycles. The maximum Gasteiger partial charge on any atom is 0.273 e. The van der Waals surface area contributed by atoms with E-state index >= 15 is 0 Å². The molecule has 1 aromatic heterocycles. The Balaban J connectivity index is 2.36. The normalized spacial score (nSPS) is 10.5. The van der Waals surface area contributed by atoms with Crippen LogP contribution in [0.25, 0.3) is 0 Å². The molecule has 4 N–H and O–H groups in total. The van der Waals surface area contributed by atoms with Gasteiger partial charge in [-0.05, 0) is 17.7 Å². The van der Waals surface area contributed by atoms with Crippen LogP contribution >= 0.6 is 23.2 Å². The third-order valence-electron chi connectivity index (χ3n) is 2.60. The molecule has 20 heavy (non-hydrogen) atoms. The second kappa shape index (κ2) is 5.48. The van der Waals surface area contributed by atoms with Crippen molar-refractivity contribution in [3.63, 3.8) is 0 Å². The highest BCUT2D eigenvalue weighted by molar-refractivity contribution is 6.38. The Morgan fingerprint density at radius 1 is 1.35 bits per heavy atom. The topological polar surface area (TPSA) is 117 Å². The summed E-state index contributed by atoms with van der Waals surface area (Å²) in [7, 11) is 0. The number of anilines is 1. The number of benzene rings is 1. The van der Waals surface area contributed by atoms with E-state index in [-0.39, 0.29) is 33.7 Å². The van der Waals surface area contributed by atoms with Crippen LogP contribution in [0.4, 0.5) is 5.82 Å². The van der Waals surface area contributed by atoms with E-state index in [1.54, 1.807) is 12.1 Å². The van der Waals surface area contributed by atoms with E-state index in [0.717, 1.165) is 0 Å². The third-order valence-corrected chi connectivity index (χ3v) is 3.22. The minimum atomic E-state index is -0.763. The highest BCUT2D eigenvalue weighted by Gasteiger charge is 2.15. The number of halogens is 2. The first-order valence-electron chi connectivity index (χ1n) is 5.36. The summed E-state index contributed by atoms with van der Waals surface area (Å²) in [6.07, 6.45) is 0.573. The standard InChI is InChI=1S/C11H9Cl2N5O2/c12-7-1-5(2-8(13)6(7)4-19)3-18-10(14)9(11(15)20)16-17-18/h1-2,4H,3,14H2,(H2,15,20). The van der Waals surface area contributed by atoms with Crippen molar-refractivity contribution in [3.05, 3.63) is 39.0 Å². The summed E-state index contributed by atoms with van der Waals surface area (Å²) in [5, 5.41) is 7.74. The fraction of sp³-hybridized carbons (Fsp3) is 0.0909. The summed E-state index contributed by atoms with van der Waals surface area (Å²) in [5.41, 5.74) is 11.5. The van der Waals surface area contributed by atoms with Gasteiger partial charge in [0.1, 0.15) is 0 Å². The van der Waals surface area contributed by atoms with Gasteiger partial charge in [0, 0.05) is 0 Å². The Bertz CT molecular complexity index is 675. The third kappa shape index (κ3) is 2.59. The minimum Gasteiger partial charge on any atom is -0.382 e. The van der Waals surface area contributed by atoms with Crippen molar-refractivity contribution >= 4 is 41.2 Å². The van der Waals surface area contributed by atoms with Crippen molar-refractivity contribution in [1.29, 1.82) is 0 Å². The van der Waals surface area contributed by atoms with E-state index in [1.807, 2.05) is 0 Å². The van der Waals surface area contributed by atoms with E-state index in [0.29, 0.717) is 11.8 Å². The fourth-order valence-corrected chi connectivity index (χ4v) is 2.25. The Morgan fingerprint density at radius 2 is 1.95 bits per heavy atom. The molecule has 0 unspecified atom stereocenters. The van der Waals surface area contributed by atoms with Gasteiger partial charge in [0.05, 0.1) is 22.2 Å². The monoisotopic (exact) mass is 313 g/mol. The molecule has 0 fully saturated rings. The van der Waals surface area contributed by atoms with Gasteiger partial charge in [-0.15, -0.1) is 5.10 Å². The van der Waals surface area contributed by atoms with Crippen LogP contribution in [0.2, 0.25) is 10.0 Å². The van der Waals surface area contributed by atoms with Crippen LogP contribution in [0.3, 0.4) is 0 Å². The number of carbonyl (C=O) groups excluding carboxylic acids is 2. The smallest absolute Gasteiger partial charge is 0.273 e. The van der Waals surface area contributed by atoms with Gasteiger partial charge in [0.25, 0.3) is 5.91 Å². The summed E-state index contributed by atoms with van der Waals surface area (Å²) in [4.78, 5) is 21.8. The molecule has 7 nitrogen and oxygen atoms in total. The number of nitrogens with two attached hydrogens (primary N) is 2. The van der Waals surface area contributed by atoms with Gasteiger partial charge in [-0.2, -0.15) is 0 Å². The van der Waals surface area contributed by atoms with Crippen LogP contribution in [-0.2, 0) is 6.54 Å². The molecule has 0 radical (unpaired) electrons. The average molecular weight is 314 g/mol. The number of primary amides is 1. The summed E-state index contributed by atoms with van der Waals surface area (Å²) in [6, 6.07) is 3.12. The second-order valence-corrected chi connectivity index (χ2v) is 4.75. The van der Waals surface area contributed by atoms with E-state index < -0.39 is 5.91 Å². The Kier molecular flexibility index (Phi) is 3.91. The van der Waals surface area contributed by atoms with E-state index in [1.165, 1.54) is 4.68 Å². The van der Waals surface area contributed by atoms with Crippen molar-refractivity contribution in [2.24, 2.45) is 5.73 Å². The predicted molar refractivity (Wildman–Crippen MR) is 73.9 cm³/mol. The number of rotatable bonds is 4. The predicted octanol–water partition coefficient (Wildman–Crippen LogP) is 1.13. The maximum absolute atomic E-state index is 11.0. The number of amides is 1. The molecule has 1 amide bonds. The van der Waals surface area contributed by atoms with Gasteiger partial charge < -0.3 is 11.5 Å². The van der Waals surface area contributed by atoms with Gasteiger partial charge >= 0.3 is 0 Å². The number of aromatic nitrogens is 3. The van der Waals surface area contributed by atoms with Gasteiger partial charge in [0.2, 0.25) is 0 Å². The largest absolute Gasteiger partial charge is 0.382 e. The van der Waals surface area contributed by atoms with Crippen molar-refractivity contribution in [3.8, 4) is 0 Å². The fourth-order valence-electron chi connectivity index (χ4n) is 1.63. The number of carbonyl (C=O) groups is 2. The van der Waals surface area contributed by atoms with Crippen LogP contribution in [-0.4, -0.2) is 27.2 Å². The molecule has 2 rings (SSSR count). The van der Waals surface area contributed by atoms with Gasteiger partial charge in [-0.3, -0.25) is 9.59 Å². The summed E-state index contributed by atoms with van der Waals surface area (Å²) in [5.74, 6) is -0.717. The van der Waals surface area contributed by atoms with Crippen LogP contribution in [0.15, 0.2) is 12.1 Å². The molecule has 104 valence electrons. The first kappa shape index (κ1) is 14.3. The molecule has 9 heteroatoms. The lowest BCUT2D eigenvalue weighted by atomic mass is 10.1. The first-order chi connectivity index (χ1) is 9.43. The molecule has 0 bridgehead atoms. The van der Waals surface area contributed by atoms with Crippen molar-refractivity contribution in [2.45, 2.75) is 6.54 Å². The zero-order valence-corrected chi connectivity index (χ0v) is 11.5. The van der Waals surface area contributed by atoms with Crippen LogP contribution in [0.1, 0.15) is 26.4 Å². The van der Waals surface area contributed by atoms with E-state index in [2.05, 4.69) is 10.3 Å². The molecular weight excluding hydrogens is 305 g/mol. The van der Waals surface area contributed by atoms with Gasteiger partial charge in [-0.25, -0.2) is 4.68 Å². The molecule has 0 aliphatic rings. The highest BCUT2D eigenvalue weighted by atomic mass is 35.5. The Hall–Kier alpha value is -2.12. The number of nitrogens with zero attached hydrogens (tertiary/aromatic N) is 3. The van der Waals surface area contributed by atoms with Gasteiger partial charge in [-0.1, -0.05) is 28.4 Å². The van der Waals surface area contributed by atoms with Gasteiger partial charge in [0.15, 0.2) is 17.8 Å². The summed E-state index contributed by atoms with van der Waals surface area (Å²) in [6.45, 7) is 0.185. The summed E-state index contributed by atoms with van der Waals surface area (Å²) < 4.78 is 1.28. The molecule has 0 aliphatic heterocycles. The van der Waals surface area contributed by atoms with E-state index in [9.17, 15) is 9.59 Å². The molecule has 1 heterocycles. The molecule has 0 spiro atoms. The van der Waals surface area contributed by atoms with Crippen molar-refractivity contribution in [1.82, 2.24) is 15.0 Å². The summed E-state index contributed by atoms with van der Waals surface area (Å²) >= 11 is 11.9. The number of hydrogen-bond donors (Lipinski definition) is 2. The van der Waals surface area contributed by atoms with Crippen LogP contribution in [0.5, 0.6) is 0 Å². The molecule has 0 saturated carbocycles.